The summed E-state index contributed by atoms with van der Waals surface area (Å²) in [5.41, 5.74) is 1.51. The molecule has 0 radical (unpaired) electrons. The number of rotatable bonds is 4. The average Bonchev–Trinajstić information content (AvgIpc) is 3.16. The summed E-state index contributed by atoms with van der Waals surface area (Å²) < 4.78 is 62.4. The third kappa shape index (κ3) is 3.07. The molecule has 10 nitrogen and oxygen atoms in total. The lowest BCUT2D eigenvalue weighted by atomic mass is 10.0. The third-order valence-electron chi connectivity index (χ3n) is 3.10. The van der Waals surface area contributed by atoms with Gasteiger partial charge in [0, 0.05) is 11.1 Å². The molecule has 2 aromatic heterocycles. The average molecular weight is 370 g/mol. The summed E-state index contributed by atoms with van der Waals surface area (Å²) in [5.74, 6) is 0. The van der Waals surface area contributed by atoms with Crippen molar-refractivity contribution in [3.63, 3.8) is 0 Å². The van der Waals surface area contributed by atoms with Crippen LogP contribution in [0.15, 0.2) is 47.0 Å². The number of H-pyrrole nitrogens is 2. The van der Waals surface area contributed by atoms with Gasteiger partial charge in [0.25, 0.3) is 10.3 Å². The fourth-order valence-corrected chi connectivity index (χ4v) is 2.94. The molecule has 0 bridgehead atoms. The minimum atomic E-state index is -4.48. The number of nitrogens with one attached hydrogen (secondary N) is 2. The molecule has 12 heteroatoms. The highest BCUT2D eigenvalue weighted by Gasteiger charge is 2.19. The smallest absolute Gasteiger partial charge is 0.327 e. The number of imidazole rings is 2. The maximum atomic E-state index is 11.1. The Morgan fingerprint density at radius 3 is 1.42 bits per heavy atom. The lowest BCUT2D eigenvalue weighted by Crippen LogP contribution is -2.00. The first-order valence-corrected chi connectivity index (χ1v) is 9.19. The van der Waals surface area contributed by atoms with Crippen molar-refractivity contribution in [1.29, 1.82) is 0 Å². The lowest BCUT2D eigenvalue weighted by Gasteiger charge is -2.05. The summed E-state index contributed by atoms with van der Waals surface area (Å²) in [6.45, 7) is 0. The van der Waals surface area contributed by atoms with E-state index >= 15 is 0 Å². The first-order valence-electron chi connectivity index (χ1n) is 6.31. The van der Waals surface area contributed by atoms with E-state index in [-0.39, 0.29) is 11.4 Å². The quantitative estimate of drug-likeness (QED) is 0.493. The Labute approximate surface area is 136 Å². The van der Waals surface area contributed by atoms with E-state index in [9.17, 15) is 16.8 Å². The van der Waals surface area contributed by atoms with E-state index in [1.165, 1.54) is 12.4 Å². The summed E-state index contributed by atoms with van der Waals surface area (Å²) >= 11 is 0. The molecule has 0 aliphatic heterocycles. The molecule has 0 fully saturated rings. The standard InChI is InChI=1S/C12H10N4O6S2/c17-23(18,19)11-13-5-9(15-11)7-3-1-2-4-8(7)10-6-14-12(16-10)24(20,21)22/h1-6H,(H,13,15)(H,14,16)(H,17,18,19)(H,20,21,22). The van der Waals surface area contributed by atoms with Gasteiger partial charge in [-0.25, -0.2) is 9.97 Å². The molecule has 0 unspecified atom stereocenters. The normalized spacial score (nSPS) is 12.4. The first-order chi connectivity index (χ1) is 11.2. The van der Waals surface area contributed by atoms with E-state index in [0.717, 1.165) is 0 Å². The Balaban J connectivity index is 2.12. The number of aromatic nitrogens is 4. The van der Waals surface area contributed by atoms with Crippen molar-refractivity contribution < 1.29 is 25.9 Å². The van der Waals surface area contributed by atoms with Crippen LogP contribution in [0.1, 0.15) is 0 Å². The number of hydrogen-bond donors (Lipinski definition) is 4. The maximum Gasteiger partial charge on any atom is 0.328 e. The lowest BCUT2D eigenvalue weighted by molar-refractivity contribution is 0.473. The molecule has 0 saturated heterocycles. The Morgan fingerprint density at radius 1 is 0.750 bits per heavy atom. The molecule has 0 saturated carbocycles. The fourth-order valence-electron chi connectivity index (χ4n) is 2.09. The Morgan fingerprint density at radius 2 is 1.12 bits per heavy atom. The highest BCUT2D eigenvalue weighted by Crippen LogP contribution is 2.30. The van der Waals surface area contributed by atoms with Crippen LogP contribution < -0.4 is 0 Å². The fraction of sp³-hybridized carbons (Fsp3) is 0. The van der Waals surface area contributed by atoms with E-state index in [0.29, 0.717) is 11.1 Å². The molecule has 4 N–H and O–H groups in total. The molecule has 24 heavy (non-hydrogen) atoms. The third-order valence-corrected chi connectivity index (χ3v) is 4.49. The summed E-state index contributed by atoms with van der Waals surface area (Å²) in [6.07, 6.45) is 2.42. The van der Waals surface area contributed by atoms with Crippen LogP contribution in [0.5, 0.6) is 0 Å². The van der Waals surface area contributed by atoms with Gasteiger partial charge < -0.3 is 9.97 Å². The first kappa shape index (κ1) is 16.3. The zero-order valence-electron chi connectivity index (χ0n) is 11.7. The van der Waals surface area contributed by atoms with Gasteiger partial charge in [-0.1, -0.05) is 24.3 Å². The summed E-state index contributed by atoms with van der Waals surface area (Å²) in [7, 11) is -8.96. The minimum Gasteiger partial charge on any atom is -0.327 e. The summed E-state index contributed by atoms with van der Waals surface area (Å²) in [4.78, 5) is 12.1. The molecule has 0 aliphatic carbocycles. The molecule has 0 spiro atoms. The van der Waals surface area contributed by atoms with Gasteiger partial charge in [-0.05, 0) is 0 Å². The van der Waals surface area contributed by atoms with Crippen LogP contribution in [0, 0.1) is 0 Å². The number of hydrogen-bond acceptors (Lipinski definition) is 6. The molecule has 0 aliphatic rings. The molecule has 3 aromatic rings. The van der Waals surface area contributed by atoms with E-state index < -0.39 is 30.5 Å². The highest BCUT2D eigenvalue weighted by atomic mass is 32.2. The molecular formula is C12H10N4O6S2. The van der Waals surface area contributed by atoms with E-state index in [1.54, 1.807) is 24.3 Å². The molecule has 126 valence electrons. The van der Waals surface area contributed by atoms with Crippen molar-refractivity contribution >= 4 is 20.2 Å². The van der Waals surface area contributed by atoms with Gasteiger partial charge in [0.1, 0.15) is 0 Å². The van der Waals surface area contributed by atoms with Crippen LogP contribution in [0.25, 0.3) is 22.5 Å². The predicted molar refractivity (Wildman–Crippen MR) is 81.2 cm³/mol. The zero-order chi connectivity index (χ0) is 17.5. The van der Waals surface area contributed by atoms with Crippen molar-refractivity contribution in [3.8, 4) is 22.5 Å². The Kier molecular flexibility index (Phi) is 3.76. The van der Waals surface area contributed by atoms with Crippen molar-refractivity contribution in [2.24, 2.45) is 0 Å². The summed E-state index contributed by atoms with van der Waals surface area (Å²) in [6, 6.07) is 6.61. The van der Waals surface area contributed by atoms with Crippen molar-refractivity contribution in [1.82, 2.24) is 19.9 Å². The van der Waals surface area contributed by atoms with Crippen LogP contribution in [-0.2, 0) is 20.2 Å². The second kappa shape index (κ2) is 5.52. The van der Waals surface area contributed by atoms with Gasteiger partial charge in [0.15, 0.2) is 0 Å². The summed E-state index contributed by atoms with van der Waals surface area (Å²) in [5, 5.41) is -1.23. The molecule has 1 aromatic carbocycles. The van der Waals surface area contributed by atoms with Crippen molar-refractivity contribution in [3.05, 3.63) is 36.7 Å². The van der Waals surface area contributed by atoms with Gasteiger partial charge >= 0.3 is 20.2 Å². The van der Waals surface area contributed by atoms with Crippen LogP contribution in [0.3, 0.4) is 0 Å². The zero-order valence-corrected chi connectivity index (χ0v) is 13.3. The monoisotopic (exact) mass is 370 g/mol. The van der Waals surface area contributed by atoms with Gasteiger partial charge in [-0.3, -0.25) is 9.11 Å². The van der Waals surface area contributed by atoms with Crippen molar-refractivity contribution in [2.45, 2.75) is 10.3 Å². The number of benzene rings is 1. The Bertz CT molecular complexity index is 1020. The number of nitrogens with zero attached hydrogens (tertiary/aromatic N) is 2. The van der Waals surface area contributed by atoms with Crippen LogP contribution in [-0.4, -0.2) is 45.9 Å². The van der Waals surface area contributed by atoms with Gasteiger partial charge in [0.05, 0.1) is 23.8 Å². The molecule has 3 rings (SSSR count). The second-order valence-electron chi connectivity index (χ2n) is 4.70. The predicted octanol–water partition coefficient (Wildman–Crippen LogP) is 0.960. The van der Waals surface area contributed by atoms with Gasteiger partial charge in [-0.15, -0.1) is 0 Å². The molecule has 2 heterocycles. The molecule has 0 amide bonds. The van der Waals surface area contributed by atoms with E-state index in [1.807, 2.05) is 0 Å². The van der Waals surface area contributed by atoms with Crippen LogP contribution in [0.4, 0.5) is 0 Å². The topological polar surface area (TPSA) is 166 Å². The Hall–Kier alpha value is -2.54. The minimum absolute atomic E-state index is 0.279. The van der Waals surface area contributed by atoms with Gasteiger partial charge in [-0.2, -0.15) is 16.8 Å². The van der Waals surface area contributed by atoms with E-state index in [4.69, 9.17) is 9.11 Å². The van der Waals surface area contributed by atoms with Crippen LogP contribution >= 0.6 is 0 Å². The largest absolute Gasteiger partial charge is 0.328 e. The second-order valence-corrected chi connectivity index (χ2v) is 7.37. The van der Waals surface area contributed by atoms with Gasteiger partial charge in [0.2, 0.25) is 0 Å². The number of aromatic amines is 2. The van der Waals surface area contributed by atoms with E-state index in [2.05, 4.69) is 19.9 Å². The highest BCUT2D eigenvalue weighted by molar-refractivity contribution is 7.85. The SMILES string of the molecule is O=S(=O)(O)c1ncc(-c2ccccc2-c2cnc(S(=O)(=O)O)[nH]2)[nH]1. The van der Waals surface area contributed by atoms with Crippen molar-refractivity contribution in [2.75, 3.05) is 0 Å². The van der Waals surface area contributed by atoms with Crippen LogP contribution in [0.2, 0.25) is 0 Å². The maximum absolute atomic E-state index is 11.1. The molecular weight excluding hydrogens is 360 g/mol. The molecule has 0 atom stereocenters.